The fraction of sp³-hybridized carbons (Fsp3) is 0.182. The summed E-state index contributed by atoms with van der Waals surface area (Å²) >= 11 is 1.56. The number of nitriles is 1. The number of anilines is 1. The first kappa shape index (κ1) is 16.6. The van der Waals surface area contributed by atoms with E-state index in [2.05, 4.69) is 67.2 Å². The monoisotopic (exact) mass is 357 g/mol. The van der Waals surface area contributed by atoms with Crippen LogP contribution in [0.4, 0.5) is 5.69 Å². The second kappa shape index (κ2) is 6.12. The summed E-state index contributed by atoms with van der Waals surface area (Å²) in [4.78, 5) is 6.82. The summed E-state index contributed by atoms with van der Waals surface area (Å²) in [6, 6.07) is 18.7. The van der Waals surface area contributed by atoms with Crippen LogP contribution in [0, 0.1) is 11.3 Å². The molecule has 4 heteroatoms. The molecule has 128 valence electrons. The molecule has 3 nitrogen and oxygen atoms in total. The summed E-state index contributed by atoms with van der Waals surface area (Å²) in [6.07, 6.45) is 3.96. The first-order valence-electron chi connectivity index (χ1n) is 8.54. The van der Waals surface area contributed by atoms with Gasteiger partial charge in [0.2, 0.25) is 0 Å². The van der Waals surface area contributed by atoms with E-state index in [1.165, 1.54) is 16.9 Å². The molecule has 0 atom stereocenters. The zero-order chi connectivity index (χ0) is 18.3. The van der Waals surface area contributed by atoms with Crippen molar-refractivity contribution in [2.24, 2.45) is 0 Å². The molecule has 26 heavy (non-hydrogen) atoms. The smallest absolute Gasteiger partial charge is 0.135 e. The van der Waals surface area contributed by atoms with E-state index in [9.17, 15) is 5.26 Å². The van der Waals surface area contributed by atoms with Crippen LogP contribution in [0.25, 0.3) is 15.8 Å². The highest BCUT2D eigenvalue weighted by atomic mass is 32.1. The molecule has 0 unspecified atom stereocenters. The van der Waals surface area contributed by atoms with Crippen LogP contribution in [-0.2, 0) is 5.41 Å². The molecule has 1 aliphatic rings. The Labute approximate surface area is 157 Å². The van der Waals surface area contributed by atoms with Crippen molar-refractivity contribution in [3.05, 3.63) is 77.0 Å². The Balaban J connectivity index is 1.77. The van der Waals surface area contributed by atoms with Crippen LogP contribution in [0.2, 0.25) is 0 Å². The fourth-order valence-electron chi connectivity index (χ4n) is 3.61. The molecule has 0 radical (unpaired) electrons. The van der Waals surface area contributed by atoms with E-state index in [1.54, 1.807) is 11.3 Å². The van der Waals surface area contributed by atoms with E-state index < -0.39 is 0 Å². The van der Waals surface area contributed by atoms with Crippen LogP contribution in [0.15, 0.2) is 66.4 Å². The third-order valence-electron chi connectivity index (χ3n) is 4.99. The highest BCUT2D eigenvalue weighted by Gasteiger charge is 2.37. The van der Waals surface area contributed by atoms with Crippen molar-refractivity contribution < 1.29 is 0 Å². The topological polar surface area (TPSA) is 39.9 Å². The summed E-state index contributed by atoms with van der Waals surface area (Å²) in [5.74, 6) is 0. The zero-order valence-corrected chi connectivity index (χ0v) is 15.8. The van der Waals surface area contributed by atoms with Gasteiger partial charge in [0.15, 0.2) is 0 Å². The Kier molecular flexibility index (Phi) is 3.90. The minimum absolute atomic E-state index is 0.101. The number of rotatable bonds is 2. The van der Waals surface area contributed by atoms with Crippen LogP contribution in [0.3, 0.4) is 0 Å². The van der Waals surface area contributed by atoms with E-state index in [0.717, 1.165) is 15.2 Å². The lowest BCUT2D eigenvalue weighted by Crippen LogP contribution is -2.22. The molecule has 0 aliphatic carbocycles. The number of thiazole rings is 1. The number of para-hydroxylation sites is 2. The maximum atomic E-state index is 9.65. The minimum atomic E-state index is -0.101. The van der Waals surface area contributed by atoms with Crippen LogP contribution in [0.5, 0.6) is 0 Å². The first-order chi connectivity index (χ1) is 12.5. The Morgan fingerprint density at radius 3 is 2.62 bits per heavy atom. The third-order valence-corrected chi connectivity index (χ3v) is 6.06. The molecule has 2 heterocycles. The van der Waals surface area contributed by atoms with Gasteiger partial charge < -0.3 is 4.90 Å². The average Bonchev–Trinajstić information content (AvgIpc) is 3.15. The van der Waals surface area contributed by atoms with Crippen LogP contribution < -0.4 is 4.90 Å². The molecule has 3 aromatic rings. The molecule has 1 aromatic heterocycles. The van der Waals surface area contributed by atoms with Gasteiger partial charge >= 0.3 is 0 Å². The number of aromatic nitrogens is 1. The number of fused-ring (bicyclic) bond motifs is 2. The maximum Gasteiger partial charge on any atom is 0.135 e. The molecule has 2 aromatic carbocycles. The van der Waals surface area contributed by atoms with E-state index in [4.69, 9.17) is 0 Å². The van der Waals surface area contributed by atoms with E-state index in [0.29, 0.717) is 5.57 Å². The third kappa shape index (κ3) is 2.53. The van der Waals surface area contributed by atoms with Gasteiger partial charge in [0.05, 0.1) is 15.8 Å². The van der Waals surface area contributed by atoms with Crippen molar-refractivity contribution in [1.82, 2.24) is 4.98 Å². The molecule has 0 spiro atoms. The average molecular weight is 357 g/mol. The lowest BCUT2D eigenvalue weighted by molar-refractivity contribution is 0.640. The highest BCUT2D eigenvalue weighted by molar-refractivity contribution is 7.19. The molecule has 1 aliphatic heterocycles. The predicted molar refractivity (Wildman–Crippen MR) is 109 cm³/mol. The number of nitrogens with zero attached hydrogens (tertiary/aromatic N) is 3. The Bertz CT molecular complexity index is 1060. The van der Waals surface area contributed by atoms with Gasteiger partial charge in [0, 0.05) is 23.8 Å². The van der Waals surface area contributed by atoms with Gasteiger partial charge in [-0.15, -0.1) is 11.3 Å². The predicted octanol–water partition coefficient (Wildman–Crippen LogP) is 5.51. The molecule has 0 fully saturated rings. The largest absolute Gasteiger partial charge is 0.347 e. The molecule has 0 saturated carbocycles. The Hall–Kier alpha value is -2.90. The normalized spacial score (nSPS) is 17.5. The van der Waals surface area contributed by atoms with E-state index in [1.807, 2.05) is 30.3 Å². The number of likely N-dealkylation sites (N-methyl/N-ethyl adjacent to an activating group) is 1. The summed E-state index contributed by atoms with van der Waals surface area (Å²) in [5.41, 5.74) is 5.13. The van der Waals surface area contributed by atoms with Crippen molar-refractivity contribution in [3.8, 4) is 6.07 Å². The summed E-state index contributed by atoms with van der Waals surface area (Å²) in [5, 5.41) is 10.4. The summed E-state index contributed by atoms with van der Waals surface area (Å²) < 4.78 is 1.10. The summed E-state index contributed by atoms with van der Waals surface area (Å²) in [6.45, 7) is 4.44. The van der Waals surface area contributed by atoms with Gasteiger partial charge in [-0.25, -0.2) is 4.98 Å². The molecule has 0 saturated heterocycles. The molecule has 0 bridgehead atoms. The van der Waals surface area contributed by atoms with Gasteiger partial charge in [-0.3, -0.25) is 0 Å². The number of hydrogen-bond acceptors (Lipinski definition) is 4. The van der Waals surface area contributed by atoms with Crippen LogP contribution in [0.1, 0.15) is 24.4 Å². The van der Waals surface area contributed by atoms with Crippen molar-refractivity contribution >= 4 is 32.8 Å². The molecule has 0 amide bonds. The fourth-order valence-corrected chi connectivity index (χ4v) is 4.55. The molecule has 4 rings (SSSR count). The quantitative estimate of drug-likeness (QED) is 0.567. The van der Waals surface area contributed by atoms with E-state index in [-0.39, 0.29) is 5.41 Å². The van der Waals surface area contributed by atoms with Gasteiger partial charge in [-0.1, -0.05) is 44.2 Å². The maximum absolute atomic E-state index is 9.65. The van der Waals surface area contributed by atoms with Gasteiger partial charge in [-0.05, 0) is 35.9 Å². The van der Waals surface area contributed by atoms with Gasteiger partial charge in [0.25, 0.3) is 0 Å². The van der Waals surface area contributed by atoms with Crippen molar-refractivity contribution in [2.45, 2.75) is 19.3 Å². The highest BCUT2D eigenvalue weighted by Crippen LogP contribution is 2.46. The SMILES string of the molecule is CN1C(=CC=C(C#N)c2nc3ccccc3s2)C(C)(C)c2ccccc21. The second-order valence-electron chi connectivity index (χ2n) is 6.93. The van der Waals surface area contributed by atoms with Crippen LogP contribution >= 0.6 is 11.3 Å². The van der Waals surface area contributed by atoms with Gasteiger partial charge in [0.1, 0.15) is 11.1 Å². The summed E-state index contributed by atoms with van der Waals surface area (Å²) in [7, 11) is 2.08. The molecular formula is C22H19N3S. The second-order valence-corrected chi connectivity index (χ2v) is 7.96. The van der Waals surface area contributed by atoms with Crippen molar-refractivity contribution in [1.29, 1.82) is 5.26 Å². The number of hydrogen-bond donors (Lipinski definition) is 0. The Morgan fingerprint density at radius 1 is 1.15 bits per heavy atom. The minimum Gasteiger partial charge on any atom is -0.347 e. The number of allylic oxidation sites excluding steroid dienone is 4. The van der Waals surface area contributed by atoms with Crippen molar-refractivity contribution in [3.63, 3.8) is 0 Å². The van der Waals surface area contributed by atoms with Crippen molar-refractivity contribution in [2.75, 3.05) is 11.9 Å². The lowest BCUT2D eigenvalue weighted by Gasteiger charge is -2.23. The standard InChI is InChI=1S/C22H19N3S/c1-22(2)16-8-4-6-10-18(16)25(3)20(22)13-12-15(14-23)21-24-17-9-5-7-11-19(17)26-21/h4-13H,1-3H3. The first-order valence-corrected chi connectivity index (χ1v) is 9.36. The Morgan fingerprint density at radius 2 is 1.88 bits per heavy atom. The lowest BCUT2D eigenvalue weighted by atomic mass is 9.83. The van der Waals surface area contributed by atoms with Crippen LogP contribution in [-0.4, -0.2) is 12.0 Å². The molecule has 0 N–H and O–H groups in total. The van der Waals surface area contributed by atoms with Gasteiger partial charge in [-0.2, -0.15) is 5.26 Å². The zero-order valence-electron chi connectivity index (χ0n) is 15.0. The number of benzene rings is 2. The van der Waals surface area contributed by atoms with E-state index >= 15 is 0 Å². The molecular weight excluding hydrogens is 338 g/mol.